The van der Waals surface area contributed by atoms with Crippen LogP contribution in [-0.4, -0.2) is 37.2 Å². The van der Waals surface area contributed by atoms with Crippen LogP contribution < -0.4 is 0 Å². The Balaban J connectivity index is 4.07. The molecule has 0 N–H and O–H groups in total. The minimum absolute atomic E-state index is 0.0628. The highest BCUT2D eigenvalue weighted by atomic mass is 16.6. The van der Waals surface area contributed by atoms with E-state index in [4.69, 9.17) is 14.2 Å². The van der Waals surface area contributed by atoms with Crippen molar-refractivity contribution in [1.29, 1.82) is 0 Å². The predicted octanol–water partition coefficient (Wildman–Crippen LogP) is 24.6. The van der Waals surface area contributed by atoms with Gasteiger partial charge in [0, 0.05) is 19.3 Å². The van der Waals surface area contributed by atoms with E-state index in [9.17, 15) is 14.4 Å². The molecule has 0 aliphatic rings. The fourth-order valence-corrected chi connectivity index (χ4v) is 11.1. The lowest BCUT2D eigenvalue weighted by Gasteiger charge is -2.18. The van der Waals surface area contributed by atoms with Gasteiger partial charge in [0.05, 0.1) is 0 Å². The number of unbranched alkanes of at least 4 members (excludes halogenated alkanes) is 52. The molecule has 466 valence electrons. The zero-order valence-corrected chi connectivity index (χ0v) is 53.7. The molecule has 0 aliphatic heterocycles. The molecule has 1 atom stereocenters. The number of carbonyl (C=O) groups is 3. The van der Waals surface area contributed by atoms with Crippen molar-refractivity contribution in [3.05, 3.63) is 24.3 Å². The summed E-state index contributed by atoms with van der Waals surface area (Å²) >= 11 is 0. The predicted molar refractivity (Wildman–Crippen MR) is 344 cm³/mol. The van der Waals surface area contributed by atoms with Gasteiger partial charge in [-0.15, -0.1) is 0 Å². The molecular formula is C73H138O6. The van der Waals surface area contributed by atoms with Crippen LogP contribution in [0.2, 0.25) is 0 Å². The van der Waals surface area contributed by atoms with Gasteiger partial charge in [0.2, 0.25) is 0 Å². The van der Waals surface area contributed by atoms with E-state index in [2.05, 4.69) is 45.1 Å². The van der Waals surface area contributed by atoms with Crippen LogP contribution in [0.1, 0.15) is 406 Å². The highest BCUT2D eigenvalue weighted by Crippen LogP contribution is 2.19. The van der Waals surface area contributed by atoms with Crippen molar-refractivity contribution in [2.24, 2.45) is 0 Å². The molecule has 0 aromatic rings. The Morgan fingerprint density at radius 3 is 0.696 bits per heavy atom. The van der Waals surface area contributed by atoms with Crippen LogP contribution in [0.3, 0.4) is 0 Å². The van der Waals surface area contributed by atoms with Gasteiger partial charge in [-0.2, -0.15) is 0 Å². The number of allylic oxidation sites excluding steroid dienone is 4. The van der Waals surface area contributed by atoms with Gasteiger partial charge in [-0.1, -0.05) is 360 Å². The van der Waals surface area contributed by atoms with Crippen molar-refractivity contribution in [3.63, 3.8) is 0 Å². The van der Waals surface area contributed by atoms with E-state index in [1.807, 2.05) is 0 Å². The lowest BCUT2D eigenvalue weighted by atomic mass is 10.0. The Morgan fingerprint density at radius 1 is 0.253 bits per heavy atom. The fourth-order valence-electron chi connectivity index (χ4n) is 11.1. The van der Waals surface area contributed by atoms with Crippen LogP contribution in [-0.2, 0) is 28.6 Å². The molecule has 0 heterocycles. The Labute approximate surface area is 493 Å². The average molecular weight is 1110 g/mol. The minimum atomic E-state index is -0.765. The molecule has 0 saturated carbocycles. The number of ether oxygens (including phenoxy) is 3. The summed E-state index contributed by atoms with van der Waals surface area (Å²) in [5.41, 5.74) is 0. The maximum atomic E-state index is 12.9. The molecule has 0 rings (SSSR count). The van der Waals surface area contributed by atoms with Gasteiger partial charge in [-0.3, -0.25) is 14.4 Å². The van der Waals surface area contributed by atoms with E-state index in [0.29, 0.717) is 19.3 Å². The van der Waals surface area contributed by atoms with Crippen LogP contribution in [0.15, 0.2) is 24.3 Å². The van der Waals surface area contributed by atoms with Crippen molar-refractivity contribution in [2.75, 3.05) is 13.2 Å². The van der Waals surface area contributed by atoms with Crippen molar-refractivity contribution in [3.8, 4) is 0 Å². The smallest absolute Gasteiger partial charge is 0.306 e. The highest BCUT2D eigenvalue weighted by Gasteiger charge is 2.19. The molecule has 0 aliphatic carbocycles. The van der Waals surface area contributed by atoms with E-state index in [0.717, 1.165) is 64.2 Å². The quantitative estimate of drug-likeness (QED) is 0.0261. The molecule has 6 heteroatoms. The summed E-state index contributed by atoms with van der Waals surface area (Å²) in [6, 6.07) is 0. The molecule has 0 aromatic carbocycles. The molecule has 0 saturated heterocycles. The van der Waals surface area contributed by atoms with Gasteiger partial charge >= 0.3 is 17.9 Å². The van der Waals surface area contributed by atoms with Gasteiger partial charge in [-0.05, 0) is 51.4 Å². The lowest BCUT2D eigenvalue weighted by molar-refractivity contribution is -0.167. The van der Waals surface area contributed by atoms with E-state index in [-0.39, 0.29) is 31.1 Å². The molecule has 79 heavy (non-hydrogen) atoms. The SMILES string of the molecule is CCCCCCC/C=C\C/C=C\CCCCCCCCCCCCCCCCCCCCCCCC(=O)OCC(COC(=O)CCCCCCCCCCCCCCC)OC(=O)CCCCCCCCCCCCCCCCC. The maximum Gasteiger partial charge on any atom is 0.306 e. The maximum absolute atomic E-state index is 12.9. The lowest BCUT2D eigenvalue weighted by Crippen LogP contribution is -2.30. The molecule has 0 spiro atoms. The van der Waals surface area contributed by atoms with Crippen LogP contribution in [0.4, 0.5) is 0 Å². The Morgan fingerprint density at radius 2 is 0.456 bits per heavy atom. The molecule has 1 unspecified atom stereocenters. The topological polar surface area (TPSA) is 78.9 Å². The molecule has 0 amide bonds. The number of hydrogen-bond donors (Lipinski definition) is 0. The summed E-state index contributed by atoms with van der Waals surface area (Å²) in [6.07, 6.45) is 83.6. The third-order valence-electron chi connectivity index (χ3n) is 16.5. The summed E-state index contributed by atoms with van der Waals surface area (Å²) in [7, 11) is 0. The summed E-state index contributed by atoms with van der Waals surface area (Å²) in [5, 5.41) is 0. The summed E-state index contributed by atoms with van der Waals surface area (Å²) in [6.45, 7) is 6.71. The number of rotatable bonds is 67. The van der Waals surface area contributed by atoms with Crippen molar-refractivity contribution >= 4 is 17.9 Å². The second-order valence-electron chi connectivity index (χ2n) is 24.5. The van der Waals surface area contributed by atoms with Gasteiger partial charge in [0.1, 0.15) is 13.2 Å². The largest absolute Gasteiger partial charge is 0.462 e. The van der Waals surface area contributed by atoms with Gasteiger partial charge in [-0.25, -0.2) is 0 Å². The highest BCUT2D eigenvalue weighted by molar-refractivity contribution is 5.71. The first-order valence-electron chi connectivity index (χ1n) is 35.8. The fraction of sp³-hybridized carbons (Fsp3) is 0.904. The monoisotopic (exact) mass is 1110 g/mol. The average Bonchev–Trinajstić information content (AvgIpc) is 3.45. The van der Waals surface area contributed by atoms with Crippen molar-refractivity contribution < 1.29 is 28.6 Å². The zero-order valence-electron chi connectivity index (χ0n) is 53.7. The van der Waals surface area contributed by atoms with Crippen LogP contribution in [0.25, 0.3) is 0 Å². The Hall–Kier alpha value is -2.11. The van der Waals surface area contributed by atoms with Gasteiger partial charge in [0.25, 0.3) is 0 Å². The molecule has 0 aromatic heterocycles. The van der Waals surface area contributed by atoms with Crippen molar-refractivity contribution in [2.45, 2.75) is 412 Å². The van der Waals surface area contributed by atoms with Crippen molar-refractivity contribution in [1.82, 2.24) is 0 Å². The zero-order chi connectivity index (χ0) is 57.1. The second kappa shape index (κ2) is 68.4. The normalized spacial score (nSPS) is 12.1. The van der Waals surface area contributed by atoms with Gasteiger partial charge < -0.3 is 14.2 Å². The third kappa shape index (κ3) is 66.6. The first-order valence-corrected chi connectivity index (χ1v) is 35.8. The first-order chi connectivity index (χ1) is 39.0. The van der Waals surface area contributed by atoms with Crippen LogP contribution in [0, 0.1) is 0 Å². The van der Waals surface area contributed by atoms with E-state index >= 15 is 0 Å². The molecule has 6 nitrogen and oxygen atoms in total. The molecule has 0 bridgehead atoms. The summed E-state index contributed by atoms with van der Waals surface area (Å²) < 4.78 is 17.0. The van der Waals surface area contributed by atoms with Crippen LogP contribution >= 0.6 is 0 Å². The third-order valence-corrected chi connectivity index (χ3v) is 16.5. The Bertz CT molecular complexity index is 1270. The summed E-state index contributed by atoms with van der Waals surface area (Å²) in [5.74, 6) is -0.829. The molecular weight excluding hydrogens is 973 g/mol. The number of hydrogen-bond acceptors (Lipinski definition) is 6. The number of esters is 3. The van der Waals surface area contributed by atoms with E-state index < -0.39 is 6.10 Å². The molecule has 0 fully saturated rings. The van der Waals surface area contributed by atoms with E-state index in [1.54, 1.807) is 0 Å². The summed E-state index contributed by atoms with van der Waals surface area (Å²) in [4.78, 5) is 38.3. The van der Waals surface area contributed by atoms with E-state index in [1.165, 1.54) is 302 Å². The first kappa shape index (κ1) is 76.9. The van der Waals surface area contributed by atoms with Gasteiger partial charge in [0.15, 0.2) is 6.10 Å². The minimum Gasteiger partial charge on any atom is -0.462 e. The Kier molecular flexibility index (Phi) is 66.6. The molecule has 0 radical (unpaired) electrons. The number of carbonyl (C=O) groups excluding carboxylic acids is 3. The second-order valence-corrected chi connectivity index (χ2v) is 24.5. The van der Waals surface area contributed by atoms with Crippen LogP contribution in [0.5, 0.6) is 0 Å². The standard InChI is InChI=1S/C73H138O6/c1-4-7-10-13-16-19-22-25-27-28-29-30-31-32-33-34-35-36-37-38-39-40-41-42-43-44-46-48-51-54-57-60-63-66-72(75)78-69-70(68-77-71(74)65-62-59-56-53-50-47-24-21-18-15-12-9-6-3)79-73(76)67-64-61-58-55-52-49-45-26-23-20-17-14-11-8-5-2/h22,25,28-29,70H,4-21,23-24,26-27,30-69H2,1-3H3/b25-22-,29-28-.